The fraction of sp³-hybridized carbons (Fsp3) is 0.333. The molecule has 4 heteroatoms. The molecule has 0 spiro atoms. The van der Waals surface area contributed by atoms with Crippen molar-refractivity contribution in [3.63, 3.8) is 0 Å². The molecule has 4 nitrogen and oxygen atoms in total. The normalized spacial score (nSPS) is 13.2. The smallest absolute Gasteiger partial charge is 0.335 e. The van der Waals surface area contributed by atoms with Crippen LogP contribution in [0.4, 0.5) is 0 Å². The molecule has 0 unspecified atom stereocenters. The predicted molar refractivity (Wildman–Crippen MR) is 95.6 cm³/mol. The van der Waals surface area contributed by atoms with Crippen molar-refractivity contribution in [2.24, 2.45) is 5.92 Å². The number of carboxylic acids is 1. The molecule has 0 amide bonds. The standard InChI is InChI=1S/C21H22O4/c1-13(2)10-11-25-19-5-3-4-18-17(19)9-6-14-12-15(21(23)24)7-8-16(14)20(18)22/h3-5,7-8,12-13H,6,9-11H2,1-2H3,(H,23,24). The number of ketones is 1. The van der Waals surface area contributed by atoms with Gasteiger partial charge in [-0.15, -0.1) is 0 Å². The van der Waals surface area contributed by atoms with Gasteiger partial charge in [-0.1, -0.05) is 26.0 Å². The summed E-state index contributed by atoms with van der Waals surface area (Å²) in [6, 6.07) is 10.3. The Labute approximate surface area is 147 Å². The first-order valence-corrected chi connectivity index (χ1v) is 8.63. The van der Waals surface area contributed by atoms with Crippen LogP contribution in [0, 0.1) is 5.92 Å². The van der Waals surface area contributed by atoms with Gasteiger partial charge in [0.1, 0.15) is 5.75 Å². The summed E-state index contributed by atoms with van der Waals surface area (Å²) >= 11 is 0. The minimum atomic E-state index is -0.977. The van der Waals surface area contributed by atoms with Crippen LogP contribution in [0.25, 0.3) is 0 Å². The molecule has 0 saturated heterocycles. The van der Waals surface area contributed by atoms with Gasteiger partial charge in [0.05, 0.1) is 12.2 Å². The molecule has 0 aliphatic heterocycles. The van der Waals surface area contributed by atoms with Crippen molar-refractivity contribution in [1.82, 2.24) is 0 Å². The molecule has 2 aromatic rings. The SMILES string of the molecule is CC(C)CCOc1cccc2c1CCc1cc(C(=O)O)ccc1C2=O. The number of carbonyl (C=O) groups is 2. The number of hydrogen-bond donors (Lipinski definition) is 1. The second-order valence-electron chi connectivity index (χ2n) is 6.82. The lowest BCUT2D eigenvalue weighted by atomic mass is 9.97. The zero-order chi connectivity index (χ0) is 18.0. The van der Waals surface area contributed by atoms with Gasteiger partial charge in [-0.25, -0.2) is 4.79 Å². The average Bonchev–Trinajstić information content (AvgIpc) is 2.72. The first-order valence-electron chi connectivity index (χ1n) is 8.63. The molecule has 0 atom stereocenters. The third-order valence-electron chi connectivity index (χ3n) is 4.57. The van der Waals surface area contributed by atoms with E-state index in [-0.39, 0.29) is 11.3 Å². The Kier molecular flexibility index (Phi) is 4.88. The van der Waals surface area contributed by atoms with Gasteiger partial charge in [0.25, 0.3) is 0 Å². The summed E-state index contributed by atoms with van der Waals surface area (Å²) in [6.07, 6.45) is 2.24. The van der Waals surface area contributed by atoms with Crippen molar-refractivity contribution in [3.8, 4) is 5.75 Å². The van der Waals surface area contributed by atoms with Gasteiger partial charge in [-0.3, -0.25) is 4.79 Å². The molecule has 1 N–H and O–H groups in total. The van der Waals surface area contributed by atoms with Crippen molar-refractivity contribution in [2.75, 3.05) is 6.61 Å². The Bertz CT molecular complexity index is 821. The third kappa shape index (κ3) is 3.58. The number of hydrogen-bond acceptors (Lipinski definition) is 3. The molecular weight excluding hydrogens is 316 g/mol. The van der Waals surface area contributed by atoms with E-state index in [4.69, 9.17) is 4.74 Å². The zero-order valence-electron chi connectivity index (χ0n) is 14.5. The lowest BCUT2D eigenvalue weighted by Crippen LogP contribution is -2.08. The highest BCUT2D eigenvalue weighted by molar-refractivity contribution is 6.12. The summed E-state index contributed by atoms with van der Waals surface area (Å²) in [5, 5.41) is 9.18. The monoisotopic (exact) mass is 338 g/mol. The lowest BCUT2D eigenvalue weighted by molar-refractivity contribution is 0.0696. The quantitative estimate of drug-likeness (QED) is 0.890. The van der Waals surface area contributed by atoms with Gasteiger partial charge >= 0.3 is 5.97 Å². The van der Waals surface area contributed by atoms with Crippen molar-refractivity contribution in [2.45, 2.75) is 33.1 Å². The first-order chi connectivity index (χ1) is 12.0. The lowest BCUT2D eigenvalue weighted by Gasteiger charge is -2.14. The van der Waals surface area contributed by atoms with Crippen LogP contribution in [0.1, 0.15) is 57.7 Å². The number of carbonyl (C=O) groups excluding carboxylic acids is 1. The Morgan fingerprint density at radius 1 is 1.16 bits per heavy atom. The number of rotatable bonds is 5. The molecular formula is C21H22O4. The summed E-state index contributed by atoms with van der Waals surface area (Å²) in [5.41, 5.74) is 3.16. The van der Waals surface area contributed by atoms with E-state index < -0.39 is 5.97 Å². The molecule has 0 radical (unpaired) electrons. The van der Waals surface area contributed by atoms with E-state index >= 15 is 0 Å². The molecule has 1 aliphatic rings. The van der Waals surface area contributed by atoms with E-state index in [9.17, 15) is 14.7 Å². The summed E-state index contributed by atoms with van der Waals surface area (Å²) in [6.45, 7) is 4.92. The van der Waals surface area contributed by atoms with Crippen molar-refractivity contribution in [1.29, 1.82) is 0 Å². The van der Waals surface area contributed by atoms with Crippen molar-refractivity contribution in [3.05, 3.63) is 64.2 Å². The highest BCUT2D eigenvalue weighted by Gasteiger charge is 2.24. The van der Waals surface area contributed by atoms with Crippen LogP contribution in [0.15, 0.2) is 36.4 Å². The topological polar surface area (TPSA) is 63.6 Å². The number of aryl methyl sites for hydroxylation is 1. The van der Waals surface area contributed by atoms with Gasteiger partial charge < -0.3 is 9.84 Å². The molecule has 2 aromatic carbocycles. The highest BCUT2D eigenvalue weighted by Crippen LogP contribution is 2.31. The Morgan fingerprint density at radius 3 is 2.68 bits per heavy atom. The largest absolute Gasteiger partial charge is 0.493 e. The van der Waals surface area contributed by atoms with E-state index in [1.54, 1.807) is 12.1 Å². The van der Waals surface area contributed by atoms with Crippen LogP contribution in [-0.2, 0) is 12.8 Å². The van der Waals surface area contributed by atoms with Gasteiger partial charge in [-0.05, 0) is 55.0 Å². The minimum absolute atomic E-state index is 0.0613. The molecule has 0 saturated carbocycles. The Morgan fingerprint density at radius 2 is 1.96 bits per heavy atom. The first kappa shape index (κ1) is 17.2. The van der Waals surface area contributed by atoms with Gasteiger partial charge in [0.2, 0.25) is 0 Å². The molecule has 0 fully saturated rings. The number of benzene rings is 2. The summed E-state index contributed by atoms with van der Waals surface area (Å²) in [7, 11) is 0. The fourth-order valence-electron chi connectivity index (χ4n) is 3.14. The second kappa shape index (κ2) is 7.09. The fourth-order valence-corrected chi connectivity index (χ4v) is 3.14. The maximum atomic E-state index is 12.9. The molecule has 3 rings (SSSR count). The van der Waals surface area contributed by atoms with Crippen LogP contribution in [0.5, 0.6) is 5.75 Å². The van der Waals surface area contributed by atoms with E-state index in [0.717, 1.165) is 23.3 Å². The van der Waals surface area contributed by atoms with Gasteiger partial charge in [0, 0.05) is 16.7 Å². The van der Waals surface area contributed by atoms with Crippen LogP contribution < -0.4 is 4.74 Å². The van der Waals surface area contributed by atoms with Crippen LogP contribution >= 0.6 is 0 Å². The van der Waals surface area contributed by atoms with E-state index in [1.807, 2.05) is 18.2 Å². The molecule has 1 aliphatic carbocycles. The Balaban J connectivity index is 1.94. The van der Waals surface area contributed by atoms with Crippen LogP contribution in [0.3, 0.4) is 0 Å². The van der Waals surface area contributed by atoms with E-state index in [1.165, 1.54) is 6.07 Å². The summed E-state index contributed by atoms with van der Waals surface area (Å²) < 4.78 is 5.93. The number of aromatic carboxylic acids is 1. The van der Waals surface area contributed by atoms with E-state index in [0.29, 0.717) is 36.5 Å². The molecule has 0 heterocycles. The van der Waals surface area contributed by atoms with E-state index in [2.05, 4.69) is 13.8 Å². The highest BCUT2D eigenvalue weighted by atomic mass is 16.5. The molecule has 25 heavy (non-hydrogen) atoms. The predicted octanol–water partition coefficient (Wildman–Crippen LogP) is 4.14. The number of carboxylic acid groups (broad SMARTS) is 1. The second-order valence-corrected chi connectivity index (χ2v) is 6.82. The number of ether oxygens (including phenoxy) is 1. The summed E-state index contributed by atoms with van der Waals surface area (Å²) in [4.78, 5) is 24.1. The summed E-state index contributed by atoms with van der Waals surface area (Å²) in [5.74, 6) is 0.281. The van der Waals surface area contributed by atoms with Crippen LogP contribution in [0.2, 0.25) is 0 Å². The number of fused-ring (bicyclic) bond motifs is 2. The van der Waals surface area contributed by atoms with Crippen molar-refractivity contribution >= 4 is 11.8 Å². The molecule has 0 aromatic heterocycles. The Hall–Kier alpha value is -2.62. The van der Waals surface area contributed by atoms with Crippen molar-refractivity contribution < 1.29 is 19.4 Å². The molecule has 130 valence electrons. The average molecular weight is 338 g/mol. The minimum Gasteiger partial charge on any atom is -0.493 e. The molecule has 0 bridgehead atoms. The van der Waals surface area contributed by atoms with Gasteiger partial charge in [-0.2, -0.15) is 0 Å². The van der Waals surface area contributed by atoms with Gasteiger partial charge in [0.15, 0.2) is 5.78 Å². The maximum Gasteiger partial charge on any atom is 0.335 e. The van der Waals surface area contributed by atoms with Crippen LogP contribution in [-0.4, -0.2) is 23.5 Å². The zero-order valence-corrected chi connectivity index (χ0v) is 14.5. The third-order valence-corrected chi connectivity index (χ3v) is 4.57. The maximum absolute atomic E-state index is 12.9.